The van der Waals surface area contributed by atoms with Gasteiger partial charge in [0.05, 0.1) is 6.10 Å². The molecule has 0 amide bonds. The lowest BCUT2D eigenvalue weighted by atomic mass is 9.89. The third kappa shape index (κ3) is 2.85. The maximum atomic E-state index is 6.59. The van der Waals surface area contributed by atoms with Crippen molar-refractivity contribution in [3.05, 3.63) is 65.5 Å². The zero-order chi connectivity index (χ0) is 14.7. The molecule has 3 unspecified atom stereocenters. The fourth-order valence-corrected chi connectivity index (χ4v) is 3.28. The van der Waals surface area contributed by atoms with Crippen molar-refractivity contribution in [3.63, 3.8) is 0 Å². The third-order valence-electron chi connectivity index (χ3n) is 4.29. The van der Waals surface area contributed by atoms with E-state index in [0.29, 0.717) is 6.61 Å². The molecule has 0 spiro atoms. The summed E-state index contributed by atoms with van der Waals surface area (Å²) in [6.07, 6.45) is 3.91. The molecular formula is C18H22N2O. The minimum atomic E-state index is -0.0749. The van der Waals surface area contributed by atoms with Crippen molar-refractivity contribution in [2.75, 3.05) is 6.61 Å². The maximum absolute atomic E-state index is 6.59. The lowest BCUT2D eigenvalue weighted by Gasteiger charge is -2.29. The molecule has 0 aliphatic heterocycles. The van der Waals surface area contributed by atoms with Crippen molar-refractivity contribution in [2.45, 2.75) is 37.8 Å². The summed E-state index contributed by atoms with van der Waals surface area (Å²) in [6.45, 7) is 2.68. The van der Waals surface area contributed by atoms with Gasteiger partial charge in [-0.3, -0.25) is 4.98 Å². The van der Waals surface area contributed by atoms with Gasteiger partial charge in [-0.1, -0.05) is 36.4 Å². The zero-order valence-electron chi connectivity index (χ0n) is 12.4. The SMILES string of the molecule is CCOC(c1ccccc1)C(N)C1CCc2cccnc21. The molecular weight excluding hydrogens is 260 g/mol. The Bertz CT molecular complexity index is 585. The van der Waals surface area contributed by atoms with Gasteiger partial charge in [0, 0.05) is 30.5 Å². The van der Waals surface area contributed by atoms with E-state index >= 15 is 0 Å². The van der Waals surface area contributed by atoms with Crippen molar-refractivity contribution in [1.29, 1.82) is 0 Å². The Balaban J connectivity index is 1.87. The molecule has 1 aromatic heterocycles. The molecule has 0 fully saturated rings. The standard InChI is InChI=1S/C18H22N2O/c1-2-21-18(14-7-4-3-5-8-14)16(19)15-11-10-13-9-6-12-20-17(13)15/h3-9,12,15-16,18H,2,10-11,19H2,1H3. The molecule has 21 heavy (non-hydrogen) atoms. The number of benzene rings is 1. The largest absolute Gasteiger partial charge is 0.372 e. The van der Waals surface area contributed by atoms with Gasteiger partial charge in [0.25, 0.3) is 0 Å². The van der Waals surface area contributed by atoms with E-state index in [-0.39, 0.29) is 18.1 Å². The van der Waals surface area contributed by atoms with Crippen LogP contribution in [0.2, 0.25) is 0 Å². The number of aryl methyl sites for hydroxylation is 1. The monoisotopic (exact) mass is 282 g/mol. The second kappa shape index (κ2) is 6.37. The molecule has 0 saturated carbocycles. The summed E-state index contributed by atoms with van der Waals surface area (Å²) >= 11 is 0. The van der Waals surface area contributed by atoms with E-state index in [9.17, 15) is 0 Å². The minimum Gasteiger partial charge on any atom is -0.372 e. The average molecular weight is 282 g/mol. The van der Waals surface area contributed by atoms with Crippen LogP contribution >= 0.6 is 0 Å². The molecule has 1 heterocycles. The Labute approximate surface area is 126 Å². The van der Waals surface area contributed by atoms with Gasteiger partial charge in [-0.05, 0) is 37.0 Å². The smallest absolute Gasteiger partial charge is 0.0982 e. The number of pyridine rings is 1. The number of aromatic nitrogens is 1. The first-order chi connectivity index (χ1) is 10.3. The number of hydrogen-bond donors (Lipinski definition) is 1. The third-order valence-corrected chi connectivity index (χ3v) is 4.29. The number of rotatable bonds is 5. The van der Waals surface area contributed by atoms with Crippen LogP contribution in [-0.2, 0) is 11.2 Å². The molecule has 3 heteroatoms. The highest BCUT2D eigenvalue weighted by atomic mass is 16.5. The lowest BCUT2D eigenvalue weighted by Crippen LogP contribution is -2.36. The summed E-state index contributed by atoms with van der Waals surface area (Å²) in [4.78, 5) is 4.56. The van der Waals surface area contributed by atoms with E-state index in [1.54, 1.807) is 0 Å². The normalized spacial score (nSPS) is 20.0. The Morgan fingerprint density at radius 2 is 2.05 bits per heavy atom. The summed E-state index contributed by atoms with van der Waals surface area (Å²) in [5.41, 5.74) is 10.2. The number of hydrogen-bond acceptors (Lipinski definition) is 3. The molecule has 3 nitrogen and oxygen atoms in total. The first-order valence-corrected chi connectivity index (χ1v) is 7.67. The number of nitrogens with zero attached hydrogens (tertiary/aromatic N) is 1. The van der Waals surface area contributed by atoms with Gasteiger partial charge < -0.3 is 10.5 Å². The van der Waals surface area contributed by atoms with E-state index in [4.69, 9.17) is 10.5 Å². The summed E-state index contributed by atoms with van der Waals surface area (Å²) in [6, 6.07) is 14.4. The van der Waals surface area contributed by atoms with Gasteiger partial charge in [0.1, 0.15) is 0 Å². The van der Waals surface area contributed by atoms with E-state index in [1.165, 1.54) is 5.56 Å². The number of nitrogens with two attached hydrogens (primary N) is 1. The van der Waals surface area contributed by atoms with Crippen LogP contribution in [0.15, 0.2) is 48.7 Å². The second-order valence-corrected chi connectivity index (χ2v) is 5.56. The molecule has 0 bridgehead atoms. The molecule has 1 aliphatic carbocycles. The van der Waals surface area contributed by atoms with E-state index in [2.05, 4.69) is 23.2 Å². The molecule has 110 valence electrons. The fraction of sp³-hybridized carbons (Fsp3) is 0.389. The minimum absolute atomic E-state index is 0.0662. The van der Waals surface area contributed by atoms with Gasteiger partial charge in [0.15, 0.2) is 0 Å². The first-order valence-electron chi connectivity index (χ1n) is 7.67. The highest BCUT2D eigenvalue weighted by molar-refractivity contribution is 5.31. The Morgan fingerprint density at radius 1 is 1.24 bits per heavy atom. The summed E-state index contributed by atoms with van der Waals surface area (Å²) in [5, 5.41) is 0. The van der Waals surface area contributed by atoms with Crippen molar-refractivity contribution >= 4 is 0 Å². The van der Waals surface area contributed by atoms with Gasteiger partial charge in [-0.25, -0.2) is 0 Å². The number of ether oxygens (including phenoxy) is 1. The molecule has 0 saturated heterocycles. The van der Waals surface area contributed by atoms with Crippen molar-refractivity contribution in [1.82, 2.24) is 4.98 Å². The van der Waals surface area contributed by atoms with E-state index in [1.807, 2.05) is 37.4 Å². The second-order valence-electron chi connectivity index (χ2n) is 5.56. The quantitative estimate of drug-likeness (QED) is 0.916. The lowest BCUT2D eigenvalue weighted by molar-refractivity contribution is 0.0361. The Kier molecular flexibility index (Phi) is 4.32. The van der Waals surface area contributed by atoms with E-state index in [0.717, 1.165) is 24.1 Å². The van der Waals surface area contributed by atoms with Crippen molar-refractivity contribution < 1.29 is 4.74 Å². The van der Waals surface area contributed by atoms with Crippen LogP contribution in [0.4, 0.5) is 0 Å². The van der Waals surface area contributed by atoms with Crippen LogP contribution in [0, 0.1) is 0 Å². The highest BCUT2D eigenvalue weighted by Crippen LogP contribution is 2.38. The molecule has 0 radical (unpaired) electrons. The molecule has 2 N–H and O–H groups in total. The predicted octanol–water partition coefficient (Wildman–Crippen LogP) is 3.22. The van der Waals surface area contributed by atoms with Gasteiger partial charge in [-0.2, -0.15) is 0 Å². The average Bonchev–Trinajstić information content (AvgIpc) is 2.97. The Morgan fingerprint density at radius 3 is 2.81 bits per heavy atom. The van der Waals surface area contributed by atoms with Crippen LogP contribution in [0.1, 0.15) is 42.2 Å². The summed E-state index contributed by atoms with van der Waals surface area (Å²) < 4.78 is 5.96. The maximum Gasteiger partial charge on any atom is 0.0982 e. The number of fused-ring (bicyclic) bond motifs is 1. The van der Waals surface area contributed by atoms with Gasteiger partial charge in [-0.15, -0.1) is 0 Å². The van der Waals surface area contributed by atoms with Gasteiger partial charge in [0.2, 0.25) is 0 Å². The fourth-order valence-electron chi connectivity index (χ4n) is 3.28. The van der Waals surface area contributed by atoms with Gasteiger partial charge >= 0.3 is 0 Å². The molecule has 1 aliphatic rings. The van der Waals surface area contributed by atoms with Crippen LogP contribution in [0.3, 0.4) is 0 Å². The van der Waals surface area contributed by atoms with Crippen molar-refractivity contribution in [3.8, 4) is 0 Å². The topological polar surface area (TPSA) is 48.1 Å². The van der Waals surface area contributed by atoms with Crippen LogP contribution in [0.25, 0.3) is 0 Å². The molecule has 2 aromatic rings. The van der Waals surface area contributed by atoms with Crippen molar-refractivity contribution in [2.24, 2.45) is 5.73 Å². The summed E-state index contributed by atoms with van der Waals surface area (Å²) in [7, 11) is 0. The zero-order valence-corrected chi connectivity index (χ0v) is 12.4. The van der Waals surface area contributed by atoms with E-state index < -0.39 is 0 Å². The Hall–Kier alpha value is -1.71. The highest BCUT2D eigenvalue weighted by Gasteiger charge is 2.34. The first kappa shape index (κ1) is 14.2. The molecule has 1 aromatic carbocycles. The summed E-state index contributed by atoms with van der Waals surface area (Å²) in [5.74, 6) is 0.276. The van der Waals surface area contributed by atoms with Crippen LogP contribution in [0.5, 0.6) is 0 Å². The van der Waals surface area contributed by atoms with Crippen LogP contribution < -0.4 is 5.73 Å². The molecule has 3 atom stereocenters. The van der Waals surface area contributed by atoms with Crippen LogP contribution in [-0.4, -0.2) is 17.6 Å². The molecule has 3 rings (SSSR count). The predicted molar refractivity (Wildman–Crippen MR) is 84.1 cm³/mol.